The Kier molecular flexibility index (Phi) is 10.2. The molecule has 0 amide bonds. The molecule has 3 heteroatoms. The Bertz CT molecular complexity index is 415. The van der Waals surface area contributed by atoms with E-state index < -0.39 is 0 Å². The summed E-state index contributed by atoms with van der Waals surface area (Å²) in [5.41, 5.74) is 0.551. The lowest BCUT2D eigenvalue weighted by Crippen LogP contribution is -2.05. The summed E-state index contributed by atoms with van der Waals surface area (Å²) < 4.78 is 10.7. The lowest BCUT2D eigenvalue weighted by Gasteiger charge is -2.08. The standard InChI is InChI=1S/C19H30O3/c1-3-5-6-7-8-9-10-11-15-22-18-14-12-13-17(16-18)19(20)21-4-2/h12-14,16H,3-11,15H2,1-2H3. The minimum atomic E-state index is -0.292. The second-order valence-corrected chi connectivity index (χ2v) is 5.57. The van der Waals surface area contributed by atoms with E-state index in [1.54, 1.807) is 19.1 Å². The van der Waals surface area contributed by atoms with Gasteiger partial charge in [0.05, 0.1) is 18.8 Å². The van der Waals surface area contributed by atoms with Gasteiger partial charge in [-0.2, -0.15) is 0 Å². The van der Waals surface area contributed by atoms with Gasteiger partial charge in [0.15, 0.2) is 0 Å². The highest BCUT2D eigenvalue weighted by molar-refractivity contribution is 5.89. The Hall–Kier alpha value is -1.51. The number of benzene rings is 1. The van der Waals surface area contributed by atoms with Crippen molar-refractivity contribution in [1.82, 2.24) is 0 Å². The maximum Gasteiger partial charge on any atom is 0.338 e. The maximum absolute atomic E-state index is 11.6. The molecule has 1 rings (SSSR count). The van der Waals surface area contributed by atoms with E-state index >= 15 is 0 Å². The van der Waals surface area contributed by atoms with Crippen LogP contribution in [0.2, 0.25) is 0 Å². The van der Waals surface area contributed by atoms with Crippen molar-refractivity contribution >= 4 is 5.97 Å². The van der Waals surface area contributed by atoms with Crippen molar-refractivity contribution in [1.29, 1.82) is 0 Å². The predicted octanol–water partition coefficient (Wildman–Crippen LogP) is 5.38. The van der Waals surface area contributed by atoms with Crippen molar-refractivity contribution in [2.24, 2.45) is 0 Å². The summed E-state index contributed by atoms with van der Waals surface area (Å²) in [7, 11) is 0. The highest BCUT2D eigenvalue weighted by Crippen LogP contribution is 2.15. The molecule has 0 saturated carbocycles. The van der Waals surface area contributed by atoms with Crippen molar-refractivity contribution in [3.05, 3.63) is 29.8 Å². The van der Waals surface area contributed by atoms with Crippen molar-refractivity contribution in [3.8, 4) is 5.75 Å². The molecule has 0 bridgehead atoms. The fourth-order valence-electron chi connectivity index (χ4n) is 2.35. The van der Waals surface area contributed by atoms with E-state index in [4.69, 9.17) is 9.47 Å². The number of hydrogen-bond donors (Lipinski definition) is 0. The van der Waals surface area contributed by atoms with Crippen LogP contribution in [0.1, 0.15) is 75.6 Å². The molecule has 1 aromatic rings. The third kappa shape index (κ3) is 8.06. The molecule has 0 radical (unpaired) electrons. The first-order valence-electron chi connectivity index (χ1n) is 8.68. The number of hydrogen-bond acceptors (Lipinski definition) is 3. The van der Waals surface area contributed by atoms with Gasteiger partial charge in [0.1, 0.15) is 5.75 Å². The van der Waals surface area contributed by atoms with Crippen LogP contribution in [0.5, 0.6) is 5.75 Å². The first-order chi connectivity index (χ1) is 10.8. The summed E-state index contributed by atoms with van der Waals surface area (Å²) in [5, 5.41) is 0. The van der Waals surface area contributed by atoms with Crippen LogP contribution in [0.15, 0.2) is 24.3 Å². The van der Waals surface area contributed by atoms with E-state index in [0.717, 1.165) is 12.2 Å². The van der Waals surface area contributed by atoms with E-state index in [9.17, 15) is 4.79 Å². The Morgan fingerprint density at radius 1 is 0.955 bits per heavy atom. The molecule has 3 nitrogen and oxygen atoms in total. The van der Waals surface area contributed by atoms with Crippen molar-refractivity contribution in [2.45, 2.75) is 65.2 Å². The van der Waals surface area contributed by atoms with Gasteiger partial charge in [0.25, 0.3) is 0 Å². The minimum absolute atomic E-state index is 0.292. The van der Waals surface area contributed by atoms with Crippen LogP contribution in [0, 0.1) is 0 Å². The summed E-state index contributed by atoms with van der Waals surface area (Å²) in [4.78, 5) is 11.6. The molecule has 0 N–H and O–H groups in total. The summed E-state index contributed by atoms with van der Waals surface area (Å²) >= 11 is 0. The van der Waals surface area contributed by atoms with Crippen molar-refractivity contribution < 1.29 is 14.3 Å². The lowest BCUT2D eigenvalue weighted by atomic mass is 10.1. The van der Waals surface area contributed by atoms with Crippen LogP contribution in [0.25, 0.3) is 0 Å². The summed E-state index contributed by atoms with van der Waals surface area (Å²) in [6, 6.07) is 7.21. The Labute approximate surface area is 135 Å². The van der Waals surface area contributed by atoms with Gasteiger partial charge in [-0.15, -0.1) is 0 Å². The van der Waals surface area contributed by atoms with E-state index in [1.165, 1.54) is 44.9 Å². The molecule has 1 aromatic carbocycles. The molecule has 0 spiro atoms. The van der Waals surface area contributed by atoms with Crippen molar-refractivity contribution in [2.75, 3.05) is 13.2 Å². The Morgan fingerprint density at radius 2 is 1.64 bits per heavy atom. The molecule has 0 atom stereocenters. The lowest BCUT2D eigenvalue weighted by molar-refractivity contribution is 0.0526. The van der Waals surface area contributed by atoms with Crippen LogP contribution in [-0.2, 0) is 4.74 Å². The number of carbonyl (C=O) groups excluding carboxylic acids is 1. The normalized spacial score (nSPS) is 10.5. The predicted molar refractivity (Wildman–Crippen MR) is 90.5 cm³/mol. The molecule has 0 aliphatic rings. The summed E-state index contributed by atoms with van der Waals surface area (Å²) in [6.45, 7) is 5.15. The van der Waals surface area contributed by atoms with Gasteiger partial charge in [-0.1, -0.05) is 57.9 Å². The number of esters is 1. The largest absolute Gasteiger partial charge is 0.494 e. The average molecular weight is 306 g/mol. The average Bonchev–Trinajstić information content (AvgIpc) is 2.54. The number of rotatable bonds is 12. The molecule has 124 valence electrons. The molecule has 0 aliphatic heterocycles. The molecule has 22 heavy (non-hydrogen) atoms. The van der Waals surface area contributed by atoms with Crippen LogP contribution >= 0.6 is 0 Å². The van der Waals surface area contributed by atoms with E-state index in [2.05, 4.69) is 6.92 Å². The fraction of sp³-hybridized carbons (Fsp3) is 0.632. The molecular weight excluding hydrogens is 276 g/mol. The fourth-order valence-corrected chi connectivity index (χ4v) is 2.35. The molecule has 0 unspecified atom stereocenters. The first-order valence-corrected chi connectivity index (χ1v) is 8.68. The number of ether oxygens (including phenoxy) is 2. The second-order valence-electron chi connectivity index (χ2n) is 5.57. The molecular formula is C19H30O3. The molecule has 0 aliphatic carbocycles. The van der Waals surface area contributed by atoms with Crippen LogP contribution in [-0.4, -0.2) is 19.2 Å². The topological polar surface area (TPSA) is 35.5 Å². The van der Waals surface area contributed by atoms with Gasteiger partial charge in [-0.05, 0) is 31.5 Å². The second kappa shape index (κ2) is 12.1. The monoisotopic (exact) mass is 306 g/mol. The van der Waals surface area contributed by atoms with Crippen LogP contribution in [0.4, 0.5) is 0 Å². The zero-order valence-corrected chi connectivity index (χ0v) is 14.1. The number of carbonyl (C=O) groups is 1. The molecule has 0 fully saturated rings. The van der Waals surface area contributed by atoms with Gasteiger partial charge in [0, 0.05) is 0 Å². The third-order valence-corrected chi connectivity index (χ3v) is 3.61. The summed E-state index contributed by atoms with van der Waals surface area (Å²) in [6.07, 6.45) is 10.3. The van der Waals surface area contributed by atoms with E-state index in [0.29, 0.717) is 18.8 Å². The van der Waals surface area contributed by atoms with Gasteiger partial charge in [0.2, 0.25) is 0 Å². The highest BCUT2D eigenvalue weighted by atomic mass is 16.5. The van der Waals surface area contributed by atoms with E-state index in [-0.39, 0.29) is 5.97 Å². The highest BCUT2D eigenvalue weighted by Gasteiger charge is 2.06. The quantitative estimate of drug-likeness (QED) is 0.384. The number of unbranched alkanes of at least 4 members (excludes halogenated alkanes) is 7. The Balaban J connectivity index is 2.14. The zero-order valence-electron chi connectivity index (χ0n) is 14.1. The Morgan fingerprint density at radius 3 is 2.32 bits per heavy atom. The van der Waals surface area contributed by atoms with Gasteiger partial charge < -0.3 is 9.47 Å². The third-order valence-electron chi connectivity index (χ3n) is 3.61. The van der Waals surface area contributed by atoms with Gasteiger partial charge in [-0.25, -0.2) is 4.79 Å². The summed E-state index contributed by atoms with van der Waals surface area (Å²) in [5.74, 6) is 0.452. The minimum Gasteiger partial charge on any atom is -0.494 e. The molecule has 0 aromatic heterocycles. The van der Waals surface area contributed by atoms with Gasteiger partial charge in [-0.3, -0.25) is 0 Å². The molecule has 0 heterocycles. The van der Waals surface area contributed by atoms with E-state index in [1.807, 2.05) is 12.1 Å². The maximum atomic E-state index is 11.6. The van der Waals surface area contributed by atoms with Crippen molar-refractivity contribution in [3.63, 3.8) is 0 Å². The van der Waals surface area contributed by atoms with Crippen LogP contribution < -0.4 is 4.74 Å². The SMILES string of the molecule is CCCCCCCCCCOc1cccc(C(=O)OCC)c1. The molecule has 0 saturated heterocycles. The van der Waals surface area contributed by atoms with Gasteiger partial charge >= 0.3 is 5.97 Å². The first kappa shape index (κ1) is 18.5. The zero-order chi connectivity index (χ0) is 16.0. The smallest absolute Gasteiger partial charge is 0.338 e. The van der Waals surface area contributed by atoms with Crippen LogP contribution in [0.3, 0.4) is 0 Å².